The highest BCUT2D eigenvalue weighted by Gasteiger charge is 2.39. The predicted molar refractivity (Wildman–Crippen MR) is 57.0 cm³/mol. The number of hydrogen-bond acceptors (Lipinski definition) is 1. The summed E-state index contributed by atoms with van der Waals surface area (Å²) in [5.74, 6) is 4.43. The molecule has 1 heterocycles. The summed E-state index contributed by atoms with van der Waals surface area (Å²) < 4.78 is 0. The van der Waals surface area contributed by atoms with Gasteiger partial charge in [-0.1, -0.05) is 12.2 Å². The molecule has 0 aromatic heterocycles. The van der Waals surface area contributed by atoms with Gasteiger partial charge in [-0.3, -0.25) is 0 Å². The second kappa shape index (κ2) is 3.63. The van der Waals surface area contributed by atoms with Gasteiger partial charge < -0.3 is 0 Å². The summed E-state index contributed by atoms with van der Waals surface area (Å²) in [6.07, 6.45) is 8.46. The highest BCUT2D eigenvalue weighted by molar-refractivity contribution is 7.99. The summed E-state index contributed by atoms with van der Waals surface area (Å²) in [5.41, 5.74) is 0.449. The second-order valence-electron chi connectivity index (χ2n) is 3.94. The van der Waals surface area contributed by atoms with Gasteiger partial charge in [0.15, 0.2) is 0 Å². The molecule has 0 bridgehead atoms. The Morgan fingerprint density at radius 1 is 1.42 bits per heavy atom. The maximum atomic E-state index is 6.10. The second-order valence-corrected chi connectivity index (χ2v) is 5.35. The smallest absolute Gasteiger partial charge is 0.0288 e. The minimum atomic E-state index is 0.449. The maximum Gasteiger partial charge on any atom is 0.0288 e. The van der Waals surface area contributed by atoms with E-state index < -0.39 is 0 Å². The molecule has 2 rings (SSSR count). The highest BCUT2D eigenvalue weighted by Crippen LogP contribution is 2.47. The van der Waals surface area contributed by atoms with Crippen molar-refractivity contribution < 1.29 is 0 Å². The molecule has 1 atom stereocenters. The van der Waals surface area contributed by atoms with Crippen molar-refractivity contribution in [2.45, 2.75) is 19.3 Å². The molecule has 0 aromatic rings. The molecule has 0 saturated carbocycles. The zero-order chi connectivity index (χ0) is 8.44. The van der Waals surface area contributed by atoms with Gasteiger partial charge in [-0.25, -0.2) is 0 Å². The van der Waals surface area contributed by atoms with Crippen LogP contribution in [0.1, 0.15) is 19.3 Å². The molecule has 1 aliphatic heterocycles. The standard InChI is InChI=1S/C10H15ClS/c11-8-10(4-1-2-5-10)9-3-6-12-7-9/h1-2,9H,3-8H2. The van der Waals surface area contributed by atoms with Crippen molar-refractivity contribution in [3.05, 3.63) is 12.2 Å². The predicted octanol–water partition coefficient (Wildman–Crippen LogP) is 3.31. The van der Waals surface area contributed by atoms with Crippen LogP contribution in [0.4, 0.5) is 0 Å². The van der Waals surface area contributed by atoms with Crippen molar-refractivity contribution in [3.63, 3.8) is 0 Å². The summed E-state index contributed by atoms with van der Waals surface area (Å²) in [4.78, 5) is 0. The normalized spacial score (nSPS) is 32.9. The molecule has 68 valence electrons. The summed E-state index contributed by atoms with van der Waals surface area (Å²) in [6.45, 7) is 0. The van der Waals surface area contributed by atoms with Crippen molar-refractivity contribution in [2.24, 2.45) is 11.3 Å². The first-order chi connectivity index (χ1) is 5.87. The van der Waals surface area contributed by atoms with Crippen LogP contribution >= 0.6 is 23.4 Å². The third kappa shape index (κ3) is 1.42. The van der Waals surface area contributed by atoms with E-state index in [0.717, 1.165) is 11.8 Å². The molecule has 0 aromatic carbocycles. The molecule has 1 fully saturated rings. The van der Waals surface area contributed by atoms with Gasteiger partial charge in [0.05, 0.1) is 0 Å². The van der Waals surface area contributed by atoms with Crippen molar-refractivity contribution in [3.8, 4) is 0 Å². The Morgan fingerprint density at radius 3 is 2.67 bits per heavy atom. The van der Waals surface area contributed by atoms with Crippen molar-refractivity contribution >= 4 is 23.4 Å². The highest BCUT2D eigenvalue weighted by atomic mass is 35.5. The Kier molecular flexibility index (Phi) is 2.71. The molecule has 1 unspecified atom stereocenters. The molecule has 2 heteroatoms. The van der Waals surface area contributed by atoms with Crippen LogP contribution in [0, 0.1) is 11.3 Å². The topological polar surface area (TPSA) is 0 Å². The third-order valence-corrected chi connectivity index (χ3v) is 4.97. The van der Waals surface area contributed by atoms with Crippen LogP contribution in [0.15, 0.2) is 12.2 Å². The van der Waals surface area contributed by atoms with Gasteiger partial charge in [0.2, 0.25) is 0 Å². The first-order valence-electron chi connectivity index (χ1n) is 4.66. The molecule has 12 heavy (non-hydrogen) atoms. The fourth-order valence-electron chi connectivity index (χ4n) is 2.29. The summed E-state index contributed by atoms with van der Waals surface area (Å²) in [7, 11) is 0. The Labute approximate surface area is 83.7 Å². The molecule has 2 aliphatic rings. The third-order valence-electron chi connectivity index (χ3n) is 3.28. The lowest BCUT2D eigenvalue weighted by atomic mass is 9.74. The summed E-state index contributed by atoms with van der Waals surface area (Å²) in [6, 6.07) is 0. The van der Waals surface area contributed by atoms with Gasteiger partial charge in [-0.05, 0) is 42.1 Å². The average molecular weight is 203 g/mol. The van der Waals surface area contributed by atoms with E-state index in [9.17, 15) is 0 Å². The van der Waals surface area contributed by atoms with E-state index in [0.29, 0.717) is 5.41 Å². The quantitative estimate of drug-likeness (QED) is 0.489. The Bertz CT molecular complexity index is 174. The maximum absolute atomic E-state index is 6.10. The molecule has 0 spiro atoms. The van der Waals surface area contributed by atoms with Gasteiger partial charge in [0.1, 0.15) is 0 Å². The van der Waals surface area contributed by atoms with Crippen molar-refractivity contribution in [2.75, 3.05) is 17.4 Å². The molecule has 0 amide bonds. The number of halogens is 1. The zero-order valence-electron chi connectivity index (χ0n) is 7.26. The van der Waals surface area contributed by atoms with E-state index in [-0.39, 0.29) is 0 Å². The number of thioether (sulfide) groups is 1. The van der Waals surface area contributed by atoms with Crippen LogP contribution in [0.25, 0.3) is 0 Å². The number of alkyl halides is 1. The summed E-state index contributed by atoms with van der Waals surface area (Å²) >= 11 is 8.19. The molecule has 0 radical (unpaired) electrons. The molecular weight excluding hydrogens is 188 g/mol. The van der Waals surface area contributed by atoms with Crippen LogP contribution in [-0.4, -0.2) is 17.4 Å². The minimum absolute atomic E-state index is 0.449. The first-order valence-corrected chi connectivity index (χ1v) is 6.35. The lowest BCUT2D eigenvalue weighted by molar-refractivity contribution is 0.231. The van der Waals surface area contributed by atoms with E-state index in [1.807, 2.05) is 0 Å². The fraction of sp³-hybridized carbons (Fsp3) is 0.800. The molecule has 1 saturated heterocycles. The van der Waals surface area contributed by atoms with E-state index in [2.05, 4.69) is 23.9 Å². The monoisotopic (exact) mass is 202 g/mol. The summed E-state index contributed by atoms with van der Waals surface area (Å²) in [5, 5.41) is 0. The van der Waals surface area contributed by atoms with E-state index in [1.165, 1.54) is 30.8 Å². The van der Waals surface area contributed by atoms with Crippen LogP contribution in [0.5, 0.6) is 0 Å². The van der Waals surface area contributed by atoms with E-state index in [4.69, 9.17) is 11.6 Å². The van der Waals surface area contributed by atoms with Gasteiger partial charge >= 0.3 is 0 Å². The number of rotatable bonds is 2. The minimum Gasteiger partial charge on any atom is -0.162 e. The molecule has 0 nitrogen and oxygen atoms in total. The molecular formula is C10H15ClS. The van der Waals surface area contributed by atoms with Gasteiger partial charge in [-0.2, -0.15) is 11.8 Å². The Morgan fingerprint density at radius 2 is 2.17 bits per heavy atom. The Hall–Kier alpha value is 0.380. The van der Waals surface area contributed by atoms with Gasteiger partial charge in [-0.15, -0.1) is 11.6 Å². The fourth-order valence-corrected chi connectivity index (χ4v) is 4.15. The zero-order valence-corrected chi connectivity index (χ0v) is 8.83. The lowest BCUT2D eigenvalue weighted by Gasteiger charge is -2.32. The van der Waals surface area contributed by atoms with Crippen LogP contribution < -0.4 is 0 Å². The first kappa shape index (κ1) is 8.96. The van der Waals surface area contributed by atoms with Crippen LogP contribution in [0.2, 0.25) is 0 Å². The SMILES string of the molecule is ClCC1(C2CCSC2)CC=CC1. The molecule has 1 aliphatic carbocycles. The Balaban J connectivity index is 2.06. The van der Waals surface area contributed by atoms with Gasteiger partial charge in [0.25, 0.3) is 0 Å². The van der Waals surface area contributed by atoms with Crippen molar-refractivity contribution in [1.29, 1.82) is 0 Å². The average Bonchev–Trinajstić information content (AvgIpc) is 2.76. The lowest BCUT2D eigenvalue weighted by Crippen LogP contribution is -2.29. The van der Waals surface area contributed by atoms with Crippen molar-refractivity contribution in [1.82, 2.24) is 0 Å². The number of allylic oxidation sites excluding steroid dienone is 2. The van der Waals surface area contributed by atoms with E-state index in [1.54, 1.807) is 0 Å². The number of hydrogen-bond donors (Lipinski definition) is 0. The van der Waals surface area contributed by atoms with Gasteiger partial charge in [0, 0.05) is 5.88 Å². The van der Waals surface area contributed by atoms with Crippen LogP contribution in [-0.2, 0) is 0 Å². The van der Waals surface area contributed by atoms with E-state index >= 15 is 0 Å². The van der Waals surface area contributed by atoms with Crippen LogP contribution in [0.3, 0.4) is 0 Å². The molecule has 0 N–H and O–H groups in total. The largest absolute Gasteiger partial charge is 0.162 e.